The maximum Gasteiger partial charge on any atom is 0.251 e. The van der Waals surface area contributed by atoms with E-state index in [0.29, 0.717) is 23.4 Å². The molecule has 2 N–H and O–H groups in total. The van der Waals surface area contributed by atoms with E-state index in [-0.39, 0.29) is 10.9 Å². The third kappa shape index (κ3) is 5.16. The van der Waals surface area contributed by atoms with Crippen molar-refractivity contribution in [1.82, 2.24) is 15.6 Å². The average Bonchev–Trinajstić information content (AvgIpc) is 2.84. The molecule has 0 spiro atoms. The van der Waals surface area contributed by atoms with Gasteiger partial charge in [-0.05, 0) is 42.3 Å². The molecule has 2 aromatic rings. The molecule has 1 atom stereocenters. The van der Waals surface area contributed by atoms with Crippen LogP contribution < -0.4 is 15.5 Å². The van der Waals surface area contributed by atoms with Crippen LogP contribution in [0.15, 0.2) is 46.6 Å². The highest BCUT2D eigenvalue weighted by atomic mass is 32.2. The highest BCUT2D eigenvalue weighted by molar-refractivity contribution is 7.94. The predicted molar refractivity (Wildman–Crippen MR) is 131 cm³/mol. The summed E-state index contributed by atoms with van der Waals surface area (Å²) in [6.45, 7) is 5.21. The van der Waals surface area contributed by atoms with Crippen LogP contribution in [-0.2, 0) is 9.84 Å². The zero-order valence-corrected chi connectivity index (χ0v) is 19.9. The number of carbonyl (C=O) groups is 1. The number of piperazine rings is 1. The number of hydrogen-bond donors (Lipinski definition) is 2. The van der Waals surface area contributed by atoms with Gasteiger partial charge in [-0.25, -0.2) is 18.4 Å². The SMILES string of the molecule is Cc1ccc(C(=O)NC2C=C(S(C)(=O)=O)N=CC2)cc1-c1cnc(N2CCNCC2)c(C#N)c1. The molecule has 0 saturated carbocycles. The minimum Gasteiger partial charge on any atom is -0.353 e. The van der Waals surface area contributed by atoms with Crippen molar-refractivity contribution in [3.05, 3.63) is 58.3 Å². The van der Waals surface area contributed by atoms with Gasteiger partial charge in [0.05, 0.1) is 11.6 Å². The summed E-state index contributed by atoms with van der Waals surface area (Å²) in [5.41, 5.74) is 3.43. The highest BCUT2D eigenvalue weighted by Crippen LogP contribution is 2.28. The number of carbonyl (C=O) groups excluding carboxylic acids is 1. The molecule has 1 saturated heterocycles. The van der Waals surface area contributed by atoms with E-state index >= 15 is 0 Å². The van der Waals surface area contributed by atoms with Gasteiger partial charge in [0, 0.05) is 62.4 Å². The molecule has 1 fully saturated rings. The van der Waals surface area contributed by atoms with Crippen LogP contribution in [0.2, 0.25) is 0 Å². The maximum atomic E-state index is 12.9. The number of hydrogen-bond acceptors (Lipinski definition) is 8. The second kappa shape index (κ2) is 9.75. The summed E-state index contributed by atoms with van der Waals surface area (Å²) in [6, 6.07) is 8.94. The number of amides is 1. The van der Waals surface area contributed by atoms with E-state index in [0.717, 1.165) is 49.1 Å². The van der Waals surface area contributed by atoms with Crippen molar-refractivity contribution in [3.8, 4) is 17.2 Å². The topological polar surface area (TPSA) is 128 Å². The fraction of sp³-hybridized carbons (Fsp3) is 0.333. The Labute approximate surface area is 199 Å². The minimum absolute atomic E-state index is 0.0478. The zero-order chi connectivity index (χ0) is 24.3. The van der Waals surface area contributed by atoms with Crippen LogP contribution in [0.1, 0.15) is 27.9 Å². The summed E-state index contributed by atoms with van der Waals surface area (Å²) in [4.78, 5) is 23.5. The molecule has 4 rings (SSSR count). The lowest BCUT2D eigenvalue weighted by Gasteiger charge is -2.29. The van der Waals surface area contributed by atoms with E-state index in [1.807, 2.05) is 19.1 Å². The number of nitrogens with one attached hydrogen (secondary N) is 2. The number of nitriles is 1. The largest absolute Gasteiger partial charge is 0.353 e. The fourth-order valence-corrected chi connectivity index (χ4v) is 4.68. The molecule has 1 aromatic heterocycles. The number of anilines is 1. The number of aromatic nitrogens is 1. The second-order valence-electron chi connectivity index (χ2n) is 8.38. The molecule has 0 aliphatic carbocycles. The third-order valence-electron chi connectivity index (χ3n) is 5.83. The number of benzene rings is 1. The summed E-state index contributed by atoms with van der Waals surface area (Å²) in [6.07, 6.45) is 6.19. The number of pyridine rings is 1. The van der Waals surface area contributed by atoms with Crippen LogP contribution in [0.3, 0.4) is 0 Å². The van der Waals surface area contributed by atoms with Crippen molar-refractivity contribution >= 4 is 27.8 Å². The van der Waals surface area contributed by atoms with Crippen molar-refractivity contribution in [1.29, 1.82) is 5.26 Å². The van der Waals surface area contributed by atoms with Gasteiger partial charge in [0.15, 0.2) is 14.9 Å². The van der Waals surface area contributed by atoms with E-state index < -0.39 is 15.9 Å². The number of sulfone groups is 1. The highest BCUT2D eigenvalue weighted by Gasteiger charge is 2.21. The number of nitrogens with zero attached hydrogens (tertiary/aromatic N) is 4. The number of rotatable bonds is 5. The molecule has 0 bridgehead atoms. The summed E-state index contributed by atoms with van der Waals surface area (Å²) < 4.78 is 23.5. The van der Waals surface area contributed by atoms with Gasteiger partial charge in [-0.2, -0.15) is 5.26 Å². The van der Waals surface area contributed by atoms with Gasteiger partial charge in [-0.1, -0.05) is 6.07 Å². The van der Waals surface area contributed by atoms with Crippen LogP contribution >= 0.6 is 0 Å². The molecule has 9 nitrogen and oxygen atoms in total. The lowest BCUT2D eigenvalue weighted by molar-refractivity contribution is 0.0945. The van der Waals surface area contributed by atoms with Gasteiger partial charge < -0.3 is 15.5 Å². The van der Waals surface area contributed by atoms with Crippen LogP contribution in [0.4, 0.5) is 5.82 Å². The Hall–Kier alpha value is -3.55. The first-order chi connectivity index (χ1) is 16.3. The van der Waals surface area contributed by atoms with Crippen molar-refractivity contribution in [3.63, 3.8) is 0 Å². The molecule has 3 heterocycles. The molecular weight excluding hydrogens is 452 g/mol. The summed E-state index contributed by atoms with van der Waals surface area (Å²) in [7, 11) is -3.45. The lowest BCUT2D eigenvalue weighted by atomic mass is 9.97. The first-order valence-electron chi connectivity index (χ1n) is 11.0. The van der Waals surface area contributed by atoms with Crippen molar-refractivity contribution in [2.45, 2.75) is 19.4 Å². The third-order valence-corrected chi connectivity index (χ3v) is 6.83. The Morgan fingerprint density at radius 2 is 2.03 bits per heavy atom. The van der Waals surface area contributed by atoms with E-state index in [9.17, 15) is 18.5 Å². The maximum absolute atomic E-state index is 12.9. The fourth-order valence-electron chi connectivity index (χ4n) is 4.00. The van der Waals surface area contributed by atoms with Gasteiger partial charge in [-0.15, -0.1) is 0 Å². The smallest absolute Gasteiger partial charge is 0.251 e. The molecule has 1 amide bonds. The standard InChI is InChI=1S/C24H26N6O3S/c1-16-3-4-17(24(31)29-20-5-6-27-22(13-20)34(2,32)33)12-21(16)19-11-18(14-25)23(28-15-19)30-9-7-26-8-10-30/h3-4,6,11-13,15,20,26H,5,7-10H2,1-2H3,(H,29,31). The molecule has 1 aromatic carbocycles. The monoisotopic (exact) mass is 478 g/mol. The summed E-state index contributed by atoms with van der Waals surface area (Å²) >= 11 is 0. The molecule has 10 heteroatoms. The van der Waals surface area contributed by atoms with Crippen molar-refractivity contribution < 1.29 is 13.2 Å². The van der Waals surface area contributed by atoms with E-state index in [4.69, 9.17) is 0 Å². The number of aliphatic imine (C=N–C) groups is 1. The van der Waals surface area contributed by atoms with E-state index in [1.165, 1.54) is 12.3 Å². The van der Waals surface area contributed by atoms with Crippen LogP contribution in [0, 0.1) is 18.3 Å². The molecular formula is C24H26N6O3S. The van der Waals surface area contributed by atoms with Crippen LogP contribution in [-0.4, -0.2) is 64.0 Å². The second-order valence-corrected chi connectivity index (χ2v) is 10.3. The quantitative estimate of drug-likeness (QED) is 0.671. The van der Waals surface area contributed by atoms with Gasteiger partial charge in [0.25, 0.3) is 5.91 Å². The molecule has 2 aliphatic heterocycles. The zero-order valence-electron chi connectivity index (χ0n) is 19.1. The molecule has 0 radical (unpaired) electrons. The van der Waals surface area contributed by atoms with Crippen LogP contribution in [0.5, 0.6) is 0 Å². The molecule has 176 valence electrons. The van der Waals surface area contributed by atoms with E-state index in [2.05, 4.69) is 31.6 Å². The molecule has 34 heavy (non-hydrogen) atoms. The van der Waals surface area contributed by atoms with Crippen molar-refractivity contribution in [2.75, 3.05) is 37.3 Å². The Kier molecular flexibility index (Phi) is 6.77. The van der Waals surface area contributed by atoms with Gasteiger partial charge >= 0.3 is 0 Å². The predicted octanol–water partition coefficient (Wildman–Crippen LogP) is 1.80. The molecule has 2 aliphatic rings. The number of aryl methyl sites for hydroxylation is 1. The first-order valence-corrected chi connectivity index (χ1v) is 12.9. The lowest BCUT2D eigenvalue weighted by Crippen LogP contribution is -2.44. The summed E-state index contributed by atoms with van der Waals surface area (Å²) in [5, 5.41) is 15.8. The Bertz CT molecular complexity index is 1320. The Balaban J connectivity index is 1.59. The van der Waals surface area contributed by atoms with E-state index in [1.54, 1.807) is 18.3 Å². The molecule has 1 unspecified atom stereocenters. The van der Waals surface area contributed by atoms with Crippen LogP contribution in [0.25, 0.3) is 11.1 Å². The average molecular weight is 479 g/mol. The minimum atomic E-state index is -3.45. The first kappa shape index (κ1) is 23.6. The summed E-state index contributed by atoms with van der Waals surface area (Å²) in [5.74, 6) is 0.350. The van der Waals surface area contributed by atoms with Crippen molar-refractivity contribution in [2.24, 2.45) is 4.99 Å². The normalized spacial score (nSPS) is 18.2. The Morgan fingerprint density at radius 1 is 1.26 bits per heavy atom. The van der Waals surface area contributed by atoms with Gasteiger partial charge in [-0.3, -0.25) is 4.79 Å². The van der Waals surface area contributed by atoms with Gasteiger partial charge in [0.2, 0.25) is 0 Å². The Morgan fingerprint density at radius 3 is 2.74 bits per heavy atom. The van der Waals surface area contributed by atoms with Gasteiger partial charge in [0.1, 0.15) is 11.9 Å².